The van der Waals surface area contributed by atoms with E-state index < -0.39 is 0 Å². The second-order valence-corrected chi connectivity index (χ2v) is 5.58. The molecule has 0 spiro atoms. The van der Waals surface area contributed by atoms with Gasteiger partial charge in [0.25, 0.3) is 0 Å². The summed E-state index contributed by atoms with van der Waals surface area (Å²) in [4.78, 5) is 15.4. The number of nitrogens with zero attached hydrogens (tertiary/aromatic N) is 2. The van der Waals surface area contributed by atoms with Crippen LogP contribution in [0.1, 0.15) is 6.42 Å². The Labute approximate surface area is 94.0 Å². The molecule has 0 saturated carbocycles. The Hall–Kier alpha value is -0.270. The molecule has 7 heteroatoms. The largest absolute Gasteiger partial charge is 0.465 e. The number of esters is 1. The van der Waals surface area contributed by atoms with Gasteiger partial charge in [0, 0.05) is 6.42 Å². The molecular formula is C7H8N2O2S3. The lowest BCUT2D eigenvalue weighted by molar-refractivity contribution is -0.137. The normalized spacial score (nSPS) is 21.2. The van der Waals surface area contributed by atoms with Crippen molar-refractivity contribution in [2.45, 2.75) is 21.2 Å². The zero-order valence-corrected chi connectivity index (χ0v) is 9.88. The van der Waals surface area contributed by atoms with Crippen LogP contribution in [0.25, 0.3) is 0 Å². The number of ether oxygens (including phenoxy) is 1. The lowest BCUT2D eigenvalue weighted by Crippen LogP contribution is -2.08. The zero-order chi connectivity index (χ0) is 9.97. The molecule has 4 nitrogen and oxygen atoms in total. The van der Waals surface area contributed by atoms with Gasteiger partial charge in [-0.05, 0) is 17.8 Å². The second kappa shape index (κ2) is 4.50. The van der Waals surface area contributed by atoms with E-state index in [1.807, 2.05) is 6.26 Å². The Morgan fingerprint density at radius 1 is 1.64 bits per heavy atom. The van der Waals surface area contributed by atoms with Gasteiger partial charge >= 0.3 is 5.97 Å². The number of cyclic esters (lactones) is 1. The fraction of sp³-hybridized carbons (Fsp3) is 0.571. The standard InChI is InChI=1S/C7H8N2O2S3/c1-12-6-8-7(14-9-6)13-4-2-3-11-5(4)10/h4H,2-3H2,1H3/t4-/m1/s1. The Morgan fingerprint density at radius 3 is 3.07 bits per heavy atom. The summed E-state index contributed by atoms with van der Waals surface area (Å²) in [6.07, 6.45) is 2.71. The van der Waals surface area contributed by atoms with E-state index in [9.17, 15) is 4.79 Å². The topological polar surface area (TPSA) is 52.1 Å². The van der Waals surface area contributed by atoms with E-state index in [1.54, 1.807) is 0 Å². The minimum Gasteiger partial charge on any atom is -0.465 e. The molecule has 1 aliphatic heterocycles. The molecule has 1 aliphatic rings. The molecule has 1 fully saturated rings. The lowest BCUT2D eigenvalue weighted by atomic mass is 10.4. The van der Waals surface area contributed by atoms with Gasteiger partial charge in [-0.1, -0.05) is 23.5 Å². The second-order valence-electron chi connectivity index (χ2n) is 2.61. The van der Waals surface area contributed by atoms with Crippen molar-refractivity contribution in [1.82, 2.24) is 9.36 Å². The van der Waals surface area contributed by atoms with Gasteiger partial charge in [0.15, 0.2) is 4.34 Å². The smallest absolute Gasteiger partial charge is 0.319 e. The van der Waals surface area contributed by atoms with Crippen molar-refractivity contribution >= 4 is 41.0 Å². The molecule has 2 heterocycles. The summed E-state index contributed by atoms with van der Waals surface area (Å²) >= 11 is 4.30. The zero-order valence-electron chi connectivity index (χ0n) is 7.43. The Bertz CT molecular complexity index is 341. The molecule has 1 saturated heterocycles. The Kier molecular flexibility index (Phi) is 3.30. The number of hydrogen-bond acceptors (Lipinski definition) is 7. The fourth-order valence-corrected chi connectivity index (χ4v) is 3.46. The molecule has 0 radical (unpaired) electrons. The molecule has 2 rings (SSSR count). The van der Waals surface area contributed by atoms with Crippen LogP contribution >= 0.6 is 35.1 Å². The van der Waals surface area contributed by atoms with Crippen LogP contribution in [0.4, 0.5) is 0 Å². The first kappa shape index (κ1) is 10.3. The highest BCUT2D eigenvalue weighted by Gasteiger charge is 2.28. The molecule has 1 atom stereocenters. The van der Waals surface area contributed by atoms with Gasteiger partial charge in [0.05, 0.1) is 6.61 Å². The third-order valence-electron chi connectivity index (χ3n) is 1.70. The number of aromatic nitrogens is 2. The minimum absolute atomic E-state index is 0.0855. The molecule has 0 aliphatic carbocycles. The summed E-state index contributed by atoms with van der Waals surface area (Å²) in [5.74, 6) is -0.129. The summed E-state index contributed by atoms with van der Waals surface area (Å²) in [5, 5.41) is 0.682. The van der Waals surface area contributed by atoms with E-state index in [2.05, 4.69) is 9.36 Å². The first-order valence-electron chi connectivity index (χ1n) is 4.00. The Balaban J connectivity index is 1.99. The average molecular weight is 248 g/mol. The molecular weight excluding hydrogens is 240 g/mol. The summed E-state index contributed by atoms with van der Waals surface area (Å²) in [6, 6.07) is 0. The van der Waals surface area contributed by atoms with E-state index in [0.717, 1.165) is 15.9 Å². The highest BCUT2D eigenvalue weighted by atomic mass is 32.2. The van der Waals surface area contributed by atoms with Crippen molar-refractivity contribution in [3.8, 4) is 0 Å². The maximum atomic E-state index is 11.2. The quantitative estimate of drug-likeness (QED) is 0.599. The van der Waals surface area contributed by atoms with Crippen LogP contribution in [-0.4, -0.2) is 33.4 Å². The van der Waals surface area contributed by atoms with E-state index in [-0.39, 0.29) is 11.2 Å². The van der Waals surface area contributed by atoms with Crippen molar-refractivity contribution in [2.75, 3.05) is 12.9 Å². The minimum atomic E-state index is -0.129. The van der Waals surface area contributed by atoms with Gasteiger partial charge in [-0.15, -0.1) is 0 Å². The summed E-state index contributed by atoms with van der Waals surface area (Å²) < 4.78 is 9.83. The monoisotopic (exact) mass is 248 g/mol. The third kappa shape index (κ3) is 2.21. The summed E-state index contributed by atoms with van der Waals surface area (Å²) in [6.45, 7) is 0.532. The van der Waals surface area contributed by atoms with Crippen LogP contribution < -0.4 is 0 Å². The third-order valence-corrected chi connectivity index (χ3v) is 4.39. The van der Waals surface area contributed by atoms with E-state index in [4.69, 9.17) is 4.74 Å². The predicted octanol–water partition coefficient (Wildman–Crippen LogP) is 1.67. The van der Waals surface area contributed by atoms with Gasteiger partial charge in [-0.25, -0.2) is 4.98 Å². The van der Waals surface area contributed by atoms with Gasteiger partial charge in [-0.2, -0.15) is 4.37 Å². The summed E-state index contributed by atoms with van der Waals surface area (Å²) in [5.41, 5.74) is 0. The van der Waals surface area contributed by atoms with Gasteiger partial charge < -0.3 is 4.74 Å². The van der Waals surface area contributed by atoms with Crippen molar-refractivity contribution in [1.29, 1.82) is 0 Å². The molecule has 76 valence electrons. The SMILES string of the molecule is CSc1nsc(S[C@@H]2CCOC2=O)n1. The van der Waals surface area contributed by atoms with Gasteiger partial charge in [0.1, 0.15) is 5.25 Å². The molecule has 0 aromatic carbocycles. The highest BCUT2D eigenvalue weighted by Crippen LogP contribution is 2.31. The van der Waals surface area contributed by atoms with E-state index >= 15 is 0 Å². The van der Waals surface area contributed by atoms with Gasteiger partial charge in [0.2, 0.25) is 5.16 Å². The fourth-order valence-electron chi connectivity index (χ4n) is 1.03. The van der Waals surface area contributed by atoms with Crippen molar-refractivity contribution in [3.63, 3.8) is 0 Å². The first-order valence-corrected chi connectivity index (χ1v) is 6.88. The number of rotatable bonds is 3. The van der Waals surface area contributed by atoms with Crippen LogP contribution in [0.3, 0.4) is 0 Å². The highest BCUT2D eigenvalue weighted by molar-refractivity contribution is 8.02. The molecule has 1 aromatic heterocycles. The predicted molar refractivity (Wildman–Crippen MR) is 56.9 cm³/mol. The first-order chi connectivity index (χ1) is 6.79. The van der Waals surface area contributed by atoms with E-state index in [1.165, 1.54) is 35.1 Å². The van der Waals surface area contributed by atoms with Crippen molar-refractivity contribution in [2.24, 2.45) is 0 Å². The maximum Gasteiger partial charge on any atom is 0.319 e. The number of carbonyl (C=O) groups excluding carboxylic acids is 1. The molecule has 0 N–H and O–H groups in total. The van der Waals surface area contributed by atoms with E-state index in [0.29, 0.717) is 6.61 Å². The number of thioether (sulfide) groups is 2. The molecule has 0 unspecified atom stereocenters. The van der Waals surface area contributed by atoms with Crippen LogP contribution in [-0.2, 0) is 9.53 Å². The van der Waals surface area contributed by atoms with Crippen LogP contribution in [0.2, 0.25) is 0 Å². The summed E-state index contributed by atoms with van der Waals surface area (Å²) in [7, 11) is 0. The number of carbonyl (C=O) groups is 1. The molecule has 0 bridgehead atoms. The molecule has 14 heavy (non-hydrogen) atoms. The molecule has 1 aromatic rings. The van der Waals surface area contributed by atoms with Crippen LogP contribution in [0.5, 0.6) is 0 Å². The Morgan fingerprint density at radius 2 is 2.50 bits per heavy atom. The van der Waals surface area contributed by atoms with Crippen molar-refractivity contribution in [3.05, 3.63) is 0 Å². The molecule has 0 amide bonds. The van der Waals surface area contributed by atoms with Crippen LogP contribution in [0, 0.1) is 0 Å². The number of hydrogen-bond donors (Lipinski definition) is 0. The van der Waals surface area contributed by atoms with Crippen LogP contribution in [0.15, 0.2) is 9.50 Å². The lowest BCUT2D eigenvalue weighted by Gasteiger charge is -1.99. The van der Waals surface area contributed by atoms with Crippen molar-refractivity contribution < 1.29 is 9.53 Å². The average Bonchev–Trinajstić information content (AvgIpc) is 2.77. The van der Waals surface area contributed by atoms with Gasteiger partial charge in [-0.3, -0.25) is 4.79 Å². The maximum absolute atomic E-state index is 11.2.